The maximum Gasteiger partial charge on any atom is 0.0228 e. The number of rotatable bonds is 2. The van der Waals surface area contributed by atoms with Crippen LogP contribution in [0.15, 0.2) is 0 Å². The normalized spacial score (nSPS) is 31.9. The molecule has 0 aromatic rings. The van der Waals surface area contributed by atoms with Crippen molar-refractivity contribution in [1.82, 2.24) is 14.7 Å². The molecule has 0 N–H and O–H groups in total. The van der Waals surface area contributed by atoms with Crippen molar-refractivity contribution in [2.45, 2.75) is 90.8 Å². The molecular formula is C22H43N3. The van der Waals surface area contributed by atoms with Crippen molar-refractivity contribution in [3.63, 3.8) is 0 Å². The van der Waals surface area contributed by atoms with Gasteiger partial charge >= 0.3 is 0 Å². The average molecular weight is 350 g/mol. The summed E-state index contributed by atoms with van der Waals surface area (Å²) in [5.41, 5.74) is 0.666. The molecule has 0 radical (unpaired) electrons. The lowest BCUT2D eigenvalue weighted by atomic mass is 9.91. The number of piperidine rings is 1. The van der Waals surface area contributed by atoms with Crippen molar-refractivity contribution < 1.29 is 0 Å². The Morgan fingerprint density at radius 3 is 2.04 bits per heavy atom. The van der Waals surface area contributed by atoms with Crippen LogP contribution in [0.3, 0.4) is 0 Å². The fourth-order valence-corrected chi connectivity index (χ4v) is 5.52. The van der Waals surface area contributed by atoms with Crippen LogP contribution in [-0.2, 0) is 0 Å². The summed E-state index contributed by atoms with van der Waals surface area (Å²) in [5, 5.41) is 0. The minimum atomic E-state index is 0.321. The van der Waals surface area contributed by atoms with Crippen molar-refractivity contribution in [2.24, 2.45) is 11.8 Å². The number of likely N-dealkylation sites (tertiary alicyclic amines) is 2. The van der Waals surface area contributed by atoms with Gasteiger partial charge in [-0.3, -0.25) is 9.80 Å². The van der Waals surface area contributed by atoms with Crippen LogP contribution in [0.2, 0.25) is 0 Å². The van der Waals surface area contributed by atoms with Gasteiger partial charge in [0.05, 0.1) is 0 Å². The van der Waals surface area contributed by atoms with Crippen molar-refractivity contribution >= 4 is 0 Å². The van der Waals surface area contributed by atoms with E-state index in [0.717, 1.165) is 17.9 Å². The van der Waals surface area contributed by atoms with E-state index in [1.165, 1.54) is 71.4 Å². The van der Waals surface area contributed by atoms with Gasteiger partial charge in [-0.05, 0) is 92.2 Å². The predicted octanol–water partition coefficient (Wildman–Crippen LogP) is 4.08. The maximum absolute atomic E-state index is 2.86. The maximum atomic E-state index is 2.86. The summed E-state index contributed by atoms with van der Waals surface area (Å²) in [6, 6.07) is 0.780. The third-order valence-electron chi connectivity index (χ3n) is 6.97. The highest BCUT2D eigenvalue weighted by Gasteiger charge is 2.38. The van der Waals surface area contributed by atoms with Gasteiger partial charge in [0.1, 0.15) is 0 Å². The molecule has 0 saturated carbocycles. The SMILES string of the molecule is CC(C)(C)N1CCC(CN2CC3CCCC(C2)N(C(C)(C)C)C3)CC1. The average Bonchev–Trinajstić information content (AvgIpc) is 2.77. The van der Waals surface area contributed by atoms with E-state index in [4.69, 9.17) is 0 Å². The Morgan fingerprint density at radius 2 is 1.44 bits per heavy atom. The molecule has 3 fully saturated rings. The van der Waals surface area contributed by atoms with Crippen molar-refractivity contribution in [1.29, 1.82) is 0 Å². The Balaban J connectivity index is 1.58. The molecule has 2 atom stereocenters. The largest absolute Gasteiger partial charge is 0.301 e. The summed E-state index contributed by atoms with van der Waals surface area (Å²) in [6.07, 6.45) is 7.09. The standard InChI is InChI=1S/C22H43N3/c1-21(2,3)24-12-10-18(11-13-24)14-23-15-19-8-7-9-20(17-23)25(16-19)22(4,5)6/h18-20H,7-17H2,1-6H3. The van der Waals surface area contributed by atoms with Gasteiger partial charge in [0.15, 0.2) is 0 Å². The Labute approximate surface area is 157 Å². The first-order chi connectivity index (χ1) is 11.6. The quantitative estimate of drug-likeness (QED) is 0.744. The minimum Gasteiger partial charge on any atom is -0.301 e. The Hall–Kier alpha value is -0.120. The predicted molar refractivity (Wildman–Crippen MR) is 108 cm³/mol. The fraction of sp³-hybridized carbons (Fsp3) is 1.00. The zero-order valence-electron chi connectivity index (χ0n) is 17.9. The molecule has 3 heteroatoms. The van der Waals surface area contributed by atoms with Crippen LogP contribution in [-0.4, -0.2) is 71.1 Å². The highest BCUT2D eigenvalue weighted by atomic mass is 15.3. The molecule has 3 saturated heterocycles. The van der Waals surface area contributed by atoms with Gasteiger partial charge in [0.25, 0.3) is 0 Å². The van der Waals surface area contributed by atoms with Crippen LogP contribution in [0.1, 0.15) is 73.6 Å². The van der Waals surface area contributed by atoms with E-state index >= 15 is 0 Å². The molecule has 0 aromatic carbocycles. The van der Waals surface area contributed by atoms with Crippen LogP contribution >= 0.6 is 0 Å². The second-order valence-electron chi connectivity index (χ2n) is 11.1. The molecule has 2 unspecified atom stereocenters. The van der Waals surface area contributed by atoms with Gasteiger partial charge < -0.3 is 4.90 Å². The van der Waals surface area contributed by atoms with E-state index in [9.17, 15) is 0 Å². The second-order valence-corrected chi connectivity index (χ2v) is 11.1. The third-order valence-corrected chi connectivity index (χ3v) is 6.97. The van der Waals surface area contributed by atoms with Crippen molar-refractivity contribution in [3.05, 3.63) is 0 Å². The van der Waals surface area contributed by atoms with Crippen molar-refractivity contribution in [2.75, 3.05) is 39.3 Å². The first-order valence-electron chi connectivity index (χ1n) is 10.9. The molecule has 3 aliphatic rings. The molecule has 0 spiro atoms. The molecule has 0 aromatic heterocycles. The Bertz CT molecular complexity index is 426. The van der Waals surface area contributed by atoms with E-state index in [2.05, 4.69) is 56.2 Å². The zero-order chi connectivity index (χ0) is 18.2. The summed E-state index contributed by atoms with van der Waals surface area (Å²) >= 11 is 0. The van der Waals surface area contributed by atoms with Gasteiger partial charge in [-0.25, -0.2) is 0 Å². The van der Waals surface area contributed by atoms with Crippen LogP contribution in [0, 0.1) is 11.8 Å². The highest BCUT2D eigenvalue weighted by Crippen LogP contribution is 2.33. The lowest BCUT2D eigenvalue weighted by Gasteiger charge is -2.43. The van der Waals surface area contributed by atoms with E-state index in [1.54, 1.807) is 0 Å². The van der Waals surface area contributed by atoms with E-state index in [1.807, 2.05) is 0 Å². The van der Waals surface area contributed by atoms with E-state index in [0.29, 0.717) is 11.1 Å². The fourth-order valence-electron chi connectivity index (χ4n) is 5.52. The molecule has 25 heavy (non-hydrogen) atoms. The van der Waals surface area contributed by atoms with Crippen LogP contribution in [0.4, 0.5) is 0 Å². The monoisotopic (exact) mass is 349 g/mol. The lowest BCUT2D eigenvalue weighted by molar-refractivity contribution is 0.0604. The molecule has 3 aliphatic heterocycles. The van der Waals surface area contributed by atoms with Crippen molar-refractivity contribution in [3.8, 4) is 0 Å². The van der Waals surface area contributed by atoms with Crippen LogP contribution in [0.5, 0.6) is 0 Å². The summed E-state index contributed by atoms with van der Waals surface area (Å²) in [5.74, 6) is 1.81. The summed E-state index contributed by atoms with van der Waals surface area (Å²) in [7, 11) is 0. The summed E-state index contributed by atoms with van der Waals surface area (Å²) < 4.78 is 0. The number of nitrogens with zero attached hydrogens (tertiary/aromatic N) is 3. The number of hydrogen-bond donors (Lipinski definition) is 0. The minimum absolute atomic E-state index is 0.321. The topological polar surface area (TPSA) is 9.72 Å². The molecule has 3 heterocycles. The Morgan fingerprint density at radius 1 is 0.760 bits per heavy atom. The molecule has 2 bridgehead atoms. The molecule has 3 nitrogen and oxygen atoms in total. The molecule has 3 rings (SSSR count). The van der Waals surface area contributed by atoms with Crippen LogP contribution in [0.25, 0.3) is 0 Å². The van der Waals surface area contributed by atoms with E-state index in [-0.39, 0.29) is 0 Å². The van der Waals surface area contributed by atoms with E-state index < -0.39 is 0 Å². The number of fused-ring (bicyclic) bond motifs is 3. The van der Waals surface area contributed by atoms with Gasteiger partial charge in [-0.1, -0.05) is 6.42 Å². The number of hydrogen-bond acceptors (Lipinski definition) is 3. The molecule has 146 valence electrons. The Kier molecular flexibility index (Phi) is 5.88. The zero-order valence-corrected chi connectivity index (χ0v) is 17.9. The van der Waals surface area contributed by atoms with Gasteiger partial charge in [0.2, 0.25) is 0 Å². The summed E-state index contributed by atoms with van der Waals surface area (Å²) in [6.45, 7) is 22.3. The second kappa shape index (κ2) is 7.48. The third kappa shape index (κ3) is 4.99. The van der Waals surface area contributed by atoms with Crippen LogP contribution < -0.4 is 0 Å². The molecule has 0 amide bonds. The van der Waals surface area contributed by atoms with Gasteiger partial charge in [-0.2, -0.15) is 0 Å². The first kappa shape index (κ1) is 19.6. The molecular weight excluding hydrogens is 306 g/mol. The summed E-state index contributed by atoms with van der Waals surface area (Å²) in [4.78, 5) is 8.38. The molecule has 0 aliphatic carbocycles. The smallest absolute Gasteiger partial charge is 0.0228 e. The first-order valence-corrected chi connectivity index (χ1v) is 10.9. The van der Waals surface area contributed by atoms with Gasteiger partial charge in [-0.15, -0.1) is 0 Å². The lowest BCUT2D eigenvalue weighted by Crippen LogP contribution is -2.51. The highest BCUT2D eigenvalue weighted by molar-refractivity contribution is 4.93. The van der Waals surface area contributed by atoms with Gasteiger partial charge in [0, 0.05) is 43.3 Å².